The van der Waals surface area contributed by atoms with Crippen LogP contribution in [0, 0.1) is 17.8 Å². The number of unbranched alkanes of at least 4 members (excludes halogenated alkanes) is 3. The molecular formula is C25H40O3S. The van der Waals surface area contributed by atoms with E-state index in [0.29, 0.717) is 6.42 Å². The van der Waals surface area contributed by atoms with Crippen molar-refractivity contribution in [2.24, 2.45) is 17.8 Å². The van der Waals surface area contributed by atoms with E-state index in [1.165, 1.54) is 49.8 Å². The van der Waals surface area contributed by atoms with Crippen LogP contribution in [0.3, 0.4) is 0 Å². The Morgan fingerprint density at radius 2 is 1.97 bits per heavy atom. The number of hydrogen-bond acceptors (Lipinski definition) is 3. The second-order valence-electron chi connectivity index (χ2n) is 9.76. The molecule has 2 aliphatic carbocycles. The Balaban J connectivity index is 1.38. The number of carbonyl (C=O) groups is 1. The molecule has 2 N–H and O–H groups in total. The van der Waals surface area contributed by atoms with Gasteiger partial charge < -0.3 is 10.2 Å². The Morgan fingerprint density at radius 1 is 1.17 bits per heavy atom. The molecule has 0 aliphatic heterocycles. The molecule has 3 rings (SSSR count). The second-order valence-corrected chi connectivity index (χ2v) is 10.7. The van der Waals surface area contributed by atoms with E-state index in [-0.39, 0.29) is 11.5 Å². The van der Waals surface area contributed by atoms with Crippen LogP contribution in [0.1, 0.15) is 102 Å². The minimum absolute atomic E-state index is 0.0620. The molecule has 2 saturated carbocycles. The summed E-state index contributed by atoms with van der Waals surface area (Å²) in [5, 5.41) is 21.9. The van der Waals surface area contributed by atoms with Gasteiger partial charge in [0.2, 0.25) is 0 Å². The van der Waals surface area contributed by atoms with Gasteiger partial charge in [-0.1, -0.05) is 57.9 Å². The summed E-state index contributed by atoms with van der Waals surface area (Å²) in [6.45, 7) is 2.42. The first-order valence-corrected chi connectivity index (χ1v) is 12.8. The summed E-state index contributed by atoms with van der Waals surface area (Å²) in [5.41, 5.74) is 0.0620. The molecule has 0 saturated heterocycles. The zero-order valence-electron chi connectivity index (χ0n) is 18.2. The number of rotatable bonds is 13. The van der Waals surface area contributed by atoms with Gasteiger partial charge in [-0.2, -0.15) is 0 Å². The third-order valence-corrected chi connectivity index (χ3v) is 9.05. The Bertz CT molecular complexity index is 608. The van der Waals surface area contributed by atoms with Gasteiger partial charge in [-0.05, 0) is 67.7 Å². The van der Waals surface area contributed by atoms with E-state index < -0.39 is 5.97 Å². The van der Waals surface area contributed by atoms with Crippen molar-refractivity contribution in [3.8, 4) is 0 Å². The van der Waals surface area contributed by atoms with Crippen molar-refractivity contribution in [1.82, 2.24) is 0 Å². The number of aliphatic carboxylic acids is 1. The normalized spacial score (nSPS) is 26.9. The molecule has 29 heavy (non-hydrogen) atoms. The number of aliphatic hydroxyl groups is 1. The number of hydrogen-bond donors (Lipinski definition) is 2. The minimum Gasteiger partial charge on any atom is -0.481 e. The van der Waals surface area contributed by atoms with Crippen LogP contribution < -0.4 is 0 Å². The van der Waals surface area contributed by atoms with E-state index in [1.54, 1.807) is 0 Å². The summed E-state index contributed by atoms with van der Waals surface area (Å²) in [6, 6.07) is 4.34. The molecule has 2 fully saturated rings. The Morgan fingerprint density at radius 3 is 2.62 bits per heavy atom. The van der Waals surface area contributed by atoms with Gasteiger partial charge in [0.05, 0.1) is 6.10 Å². The zero-order valence-corrected chi connectivity index (χ0v) is 19.0. The second kappa shape index (κ2) is 10.9. The lowest BCUT2D eigenvalue weighted by Gasteiger charge is -2.45. The van der Waals surface area contributed by atoms with Crippen LogP contribution in [0.25, 0.3) is 0 Å². The fraction of sp³-hybridized carbons (Fsp3) is 0.800. The summed E-state index contributed by atoms with van der Waals surface area (Å²) in [6.07, 6.45) is 15.4. The molecular weight excluding hydrogens is 380 g/mol. The van der Waals surface area contributed by atoms with Crippen molar-refractivity contribution in [3.63, 3.8) is 0 Å². The van der Waals surface area contributed by atoms with Crippen LogP contribution in [0.4, 0.5) is 0 Å². The molecule has 2 aliphatic rings. The summed E-state index contributed by atoms with van der Waals surface area (Å²) < 4.78 is 0. The van der Waals surface area contributed by atoms with E-state index in [1.807, 2.05) is 11.3 Å². The van der Waals surface area contributed by atoms with Crippen molar-refractivity contribution < 1.29 is 15.0 Å². The fourth-order valence-electron chi connectivity index (χ4n) is 5.97. The van der Waals surface area contributed by atoms with Crippen molar-refractivity contribution in [3.05, 3.63) is 22.4 Å². The maximum absolute atomic E-state index is 11.0. The van der Waals surface area contributed by atoms with Crippen LogP contribution in [0.15, 0.2) is 17.5 Å². The van der Waals surface area contributed by atoms with Gasteiger partial charge in [0, 0.05) is 16.7 Å². The Hall–Kier alpha value is -0.870. The van der Waals surface area contributed by atoms with E-state index in [9.17, 15) is 9.90 Å². The molecule has 0 spiro atoms. The van der Waals surface area contributed by atoms with Gasteiger partial charge in [-0.25, -0.2) is 0 Å². The topological polar surface area (TPSA) is 57.5 Å². The van der Waals surface area contributed by atoms with E-state index in [0.717, 1.165) is 56.3 Å². The molecule has 1 heterocycles. The van der Waals surface area contributed by atoms with Gasteiger partial charge >= 0.3 is 5.97 Å². The first kappa shape index (κ1) is 22.8. The zero-order chi connectivity index (χ0) is 20.7. The molecule has 3 nitrogen and oxygen atoms in total. The summed E-state index contributed by atoms with van der Waals surface area (Å²) in [7, 11) is 0. The molecule has 4 atom stereocenters. The predicted molar refractivity (Wildman–Crippen MR) is 120 cm³/mol. The van der Waals surface area contributed by atoms with Gasteiger partial charge in [0.1, 0.15) is 0 Å². The monoisotopic (exact) mass is 420 g/mol. The third kappa shape index (κ3) is 5.85. The van der Waals surface area contributed by atoms with Crippen LogP contribution >= 0.6 is 11.3 Å². The Kier molecular flexibility index (Phi) is 8.61. The van der Waals surface area contributed by atoms with Crippen molar-refractivity contribution >= 4 is 17.3 Å². The first-order valence-electron chi connectivity index (χ1n) is 12.0. The van der Waals surface area contributed by atoms with E-state index >= 15 is 0 Å². The third-order valence-electron chi connectivity index (χ3n) is 7.96. The van der Waals surface area contributed by atoms with Crippen LogP contribution in [0.2, 0.25) is 0 Å². The standard InChI is InChI=1S/C25H40O3S/c1-19-14-15-20(21(19)10-4-2-3-5-13-24(27)28)9-6-11-22(26)25(16-8-17-25)23-12-7-18-29-23/h7,12,18-22,26H,2-6,8-11,13-17H2,1H3,(H,27,28)/t19-,20+,21?,22?/m1/s1. The highest BCUT2D eigenvalue weighted by Gasteiger charge is 2.45. The molecule has 1 aromatic heterocycles. The molecule has 164 valence electrons. The van der Waals surface area contributed by atoms with Gasteiger partial charge in [-0.3, -0.25) is 4.79 Å². The summed E-state index contributed by atoms with van der Waals surface area (Å²) in [4.78, 5) is 12.0. The lowest BCUT2D eigenvalue weighted by atomic mass is 9.63. The number of aliphatic hydroxyl groups excluding tert-OH is 1. The molecule has 0 bridgehead atoms. The fourth-order valence-corrected chi connectivity index (χ4v) is 7.01. The average Bonchev–Trinajstić information content (AvgIpc) is 3.28. The van der Waals surface area contributed by atoms with Gasteiger partial charge in [-0.15, -0.1) is 11.3 Å². The van der Waals surface area contributed by atoms with Crippen LogP contribution in [-0.2, 0) is 10.2 Å². The largest absolute Gasteiger partial charge is 0.481 e. The highest BCUT2D eigenvalue weighted by atomic mass is 32.1. The molecule has 4 heteroatoms. The minimum atomic E-state index is -0.667. The lowest BCUT2D eigenvalue weighted by Crippen LogP contribution is -2.45. The highest BCUT2D eigenvalue weighted by Crippen LogP contribution is 2.50. The van der Waals surface area contributed by atoms with Gasteiger partial charge in [0.15, 0.2) is 0 Å². The van der Waals surface area contributed by atoms with E-state index in [4.69, 9.17) is 5.11 Å². The van der Waals surface area contributed by atoms with Crippen molar-refractivity contribution in [2.75, 3.05) is 0 Å². The van der Waals surface area contributed by atoms with Crippen molar-refractivity contribution in [1.29, 1.82) is 0 Å². The first-order chi connectivity index (χ1) is 14.0. The highest BCUT2D eigenvalue weighted by molar-refractivity contribution is 7.10. The molecule has 0 amide bonds. The number of carboxylic acids is 1. The van der Waals surface area contributed by atoms with Gasteiger partial charge in [0.25, 0.3) is 0 Å². The summed E-state index contributed by atoms with van der Waals surface area (Å²) >= 11 is 1.82. The number of carboxylic acid groups (broad SMARTS) is 1. The maximum Gasteiger partial charge on any atom is 0.303 e. The average molecular weight is 421 g/mol. The molecule has 0 radical (unpaired) electrons. The van der Waals surface area contributed by atoms with Crippen LogP contribution in [0.5, 0.6) is 0 Å². The Labute approximate surface area is 180 Å². The van der Waals surface area contributed by atoms with E-state index in [2.05, 4.69) is 24.4 Å². The molecule has 0 aromatic carbocycles. The van der Waals surface area contributed by atoms with Crippen molar-refractivity contribution in [2.45, 2.75) is 108 Å². The lowest BCUT2D eigenvalue weighted by molar-refractivity contribution is -0.137. The quantitative estimate of drug-likeness (QED) is 0.345. The smallest absolute Gasteiger partial charge is 0.303 e. The summed E-state index contributed by atoms with van der Waals surface area (Å²) in [5.74, 6) is 1.82. The van der Waals surface area contributed by atoms with Crippen LogP contribution in [-0.4, -0.2) is 22.3 Å². The predicted octanol–water partition coefficient (Wildman–Crippen LogP) is 6.79. The number of thiophene rings is 1. The SMILES string of the molecule is C[C@@H]1CC[C@H](CCCC(O)C2(c3cccs3)CCC2)C1CCCCCCC(=O)O. The molecule has 1 aromatic rings. The molecule has 2 unspecified atom stereocenters. The maximum atomic E-state index is 11.0.